The molecule has 2 saturated carbocycles. The summed E-state index contributed by atoms with van der Waals surface area (Å²) in [5.41, 5.74) is 1.56. The molecule has 0 aliphatic heterocycles. The standard InChI is InChI=1S/C10H16/c1-3-4-8-9-6-5-7(2)10(8)9/h8-10H,2-6H2,1H3. The maximum Gasteiger partial charge on any atom is -0.0143 e. The monoisotopic (exact) mass is 136 g/mol. The summed E-state index contributed by atoms with van der Waals surface area (Å²) in [6.07, 6.45) is 5.60. The van der Waals surface area contributed by atoms with Gasteiger partial charge in [-0.3, -0.25) is 0 Å². The quantitative estimate of drug-likeness (QED) is 0.512. The van der Waals surface area contributed by atoms with E-state index in [1.165, 1.54) is 25.7 Å². The summed E-state index contributed by atoms with van der Waals surface area (Å²) in [7, 11) is 0. The number of allylic oxidation sites excluding steroid dienone is 1. The van der Waals surface area contributed by atoms with Gasteiger partial charge in [-0.15, -0.1) is 0 Å². The van der Waals surface area contributed by atoms with Crippen LogP contribution in [0.4, 0.5) is 0 Å². The van der Waals surface area contributed by atoms with Crippen molar-refractivity contribution in [2.45, 2.75) is 32.6 Å². The minimum Gasteiger partial charge on any atom is -0.0996 e. The minimum atomic E-state index is 0.972. The molecule has 0 aromatic carbocycles. The number of rotatable bonds is 2. The molecule has 56 valence electrons. The summed E-state index contributed by atoms with van der Waals surface area (Å²) in [6.45, 7) is 6.40. The average Bonchev–Trinajstić information content (AvgIpc) is 2.45. The van der Waals surface area contributed by atoms with Gasteiger partial charge >= 0.3 is 0 Å². The van der Waals surface area contributed by atoms with Gasteiger partial charge in [-0.25, -0.2) is 0 Å². The molecule has 3 unspecified atom stereocenters. The largest absolute Gasteiger partial charge is 0.0996 e. The van der Waals surface area contributed by atoms with Crippen LogP contribution in [0.5, 0.6) is 0 Å². The molecule has 2 aliphatic rings. The normalized spacial score (nSPS) is 43.7. The first kappa shape index (κ1) is 6.45. The molecule has 0 radical (unpaired) electrons. The third kappa shape index (κ3) is 0.744. The molecule has 0 aromatic rings. The van der Waals surface area contributed by atoms with Gasteiger partial charge in [0.25, 0.3) is 0 Å². The van der Waals surface area contributed by atoms with Crippen LogP contribution in [-0.4, -0.2) is 0 Å². The number of hydrogen-bond donors (Lipinski definition) is 0. The maximum atomic E-state index is 4.11. The van der Waals surface area contributed by atoms with E-state index < -0.39 is 0 Å². The molecule has 0 N–H and O–H groups in total. The fourth-order valence-corrected chi connectivity index (χ4v) is 2.69. The van der Waals surface area contributed by atoms with Crippen molar-refractivity contribution >= 4 is 0 Å². The topological polar surface area (TPSA) is 0 Å². The van der Waals surface area contributed by atoms with E-state index in [9.17, 15) is 0 Å². The first-order chi connectivity index (χ1) is 4.84. The molecule has 3 atom stereocenters. The smallest absolute Gasteiger partial charge is 0.0143 e. The molecule has 0 nitrogen and oxygen atoms in total. The van der Waals surface area contributed by atoms with Gasteiger partial charge in [0.2, 0.25) is 0 Å². The van der Waals surface area contributed by atoms with Crippen LogP contribution in [0.2, 0.25) is 0 Å². The second kappa shape index (κ2) is 2.11. The van der Waals surface area contributed by atoms with Crippen LogP contribution in [0.25, 0.3) is 0 Å². The number of fused-ring (bicyclic) bond motifs is 1. The van der Waals surface area contributed by atoms with Crippen molar-refractivity contribution in [1.82, 2.24) is 0 Å². The predicted octanol–water partition coefficient (Wildman–Crippen LogP) is 3.00. The van der Waals surface area contributed by atoms with Crippen molar-refractivity contribution in [3.05, 3.63) is 12.2 Å². The lowest BCUT2D eigenvalue weighted by Gasteiger charge is -2.00. The average molecular weight is 136 g/mol. The molecular formula is C10H16. The summed E-state index contributed by atoms with van der Waals surface area (Å²) in [6, 6.07) is 0. The highest BCUT2D eigenvalue weighted by atomic mass is 14.6. The molecule has 2 fully saturated rings. The van der Waals surface area contributed by atoms with E-state index in [1.54, 1.807) is 5.57 Å². The van der Waals surface area contributed by atoms with E-state index >= 15 is 0 Å². The fourth-order valence-electron chi connectivity index (χ4n) is 2.69. The zero-order valence-electron chi connectivity index (χ0n) is 6.77. The second-order valence-electron chi connectivity index (χ2n) is 3.84. The summed E-state index contributed by atoms with van der Waals surface area (Å²) in [4.78, 5) is 0. The van der Waals surface area contributed by atoms with Crippen molar-refractivity contribution < 1.29 is 0 Å². The Morgan fingerprint density at radius 3 is 2.90 bits per heavy atom. The first-order valence-electron chi connectivity index (χ1n) is 4.52. The zero-order valence-corrected chi connectivity index (χ0v) is 6.77. The molecule has 10 heavy (non-hydrogen) atoms. The summed E-state index contributed by atoms with van der Waals surface area (Å²) in [5.74, 6) is 3.11. The highest BCUT2D eigenvalue weighted by Gasteiger charge is 2.53. The van der Waals surface area contributed by atoms with Crippen LogP contribution >= 0.6 is 0 Å². The van der Waals surface area contributed by atoms with Crippen LogP contribution in [-0.2, 0) is 0 Å². The third-order valence-electron chi connectivity index (χ3n) is 3.22. The van der Waals surface area contributed by atoms with Gasteiger partial charge < -0.3 is 0 Å². The molecule has 0 aromatic heterocycles. The van der Waals surface area contributed by atoms with E-state index in [-0.39, 0.29) is 0 Å². The lowest BCUT2D eigenvalue weighted by atomic mass is 10.1. The van der Waals surface area contributed by atoms with Crippen LogP contribution in [0.3, 0.4) is 0 Å². The van der Waals surface area contributed by atoms with E-state index in [0.717, 1.165) is 17.8 Å². The molecule has 0 saturated heterocycles. The Hall–Kier alpha value is -0.260. The lowest BCUT2D eigenvalue weighted by Crippen LogP contribution is -1.87. The summed E-state index contributed by atoms with van der Waals surface area (Å²) < 4.78 is 0. The Kier molecular flexibility index (Phi) is 1.36. The van der Waals surface area contributed by atoms with E-state index in [1.807, 2.05) is 0 Å². The van der Waals surface area contributed by atoms with Crippen LogP contribution in [0.15, 0.2) is 12.2 Å². The second-order valence-corrected chi connectivity index (χ2v) is 3.84. The Balaban J connectivity index is 1.92. The van der Waals surface area contributed by atoms with E-state index in [0.29, 0.717) is 0 Å². The highest BCUT2D eigenvalue weighted by molar-refractivity contribution is 5.22. The van der Waals surface area contributed by atoms with Gasteiger partial charge in [0, 0.05) is 0 Å². The Bertz CT molecular complexity index is 157. The molecule has 2 rings (SSSR count). The Morgan fingerprint density at radius 1 is 1.60 bits per heavy atom. The van der Waals surface area contributed by atoms with E-state index in [2.05, 4.69) is 13.5 Å². The van der Waals surface area contributed by atoms with Gasteiger partial charge in [0.05, 0.1) is 0 Å². The van der Waals surface area contributed by atoms with Gasteiger partial charge in [0.15, 0.2) is 0 Å². The van der Waals surface area contributed by atoms with Crippen molar-refractivity contribution in [2.75, 3.05) is 0 Å². The van der Waals surface area contributed by atoms with Crippen molar-refractivity contribution in [3.63, 3.8) is 0 Å². The molecule has 2 aliphatic carbocycles. The van der Waals surface area contributed by atoms with Gasteiger partial charge in [-0.05, 0) is 37.0 Å². The summed E-state index contributed by atoms with van der Waals surface area (Å²) in [5, 5.41) is 0. The van der Waals surface area contributed by atoms with Gasteiger partial charge in [-0.1, -0.05) is 25.5 Å². The predicted molar refractivity (Wildman–Crippen MR) is 43.8 cm³/mol. The SMILES string of the molecule is C=C1CCC2C(CCC)C12. The van der Waals surface area contributed by atoms with Crippen LogP contribution in [0.1, 0.15) is 32.6 Å². The van der Waals surface area contributed by atoms with E-state index in [4.69, 9.17) is 0 Å². The maximum absolute atomic E-state index is 4.11. The van der Waals surface area contributed by atoms with Crippen molar-refractivity contribution in [1.29, 1.82) is 0 Å². The molecule has 0 spiro atoms. The van der Waals surface area contributed by atoms with Crippen molar-refractivity contribution in [2.24, 2.45) is 17.8 Å². The Labute approximate surface area is 63.3 Å². The van der Waals surface area contributed by atoms with Crippen molar-refractivity contribution in [3.8, 4) is 0 Å². The lowest BCUT2D eigenvalue weighted by molar-refractivity contribution is 0.587. The highest BCUT2D eigenvalue weighted by Crippen LogP contribution is 2.61. The molecule has 0 heterocycles. The molecule has 0 amide bonds. The number of hydrogen-bond acceptors (Lipinski definition) is 0. The molecule has 0 bridgehead atoms. The Morgan fingerprint density at radius 2 is 2.40 bits per heavy atom. The molecule has 0 heteroatoms. The molecular weight excluding hydrogens is 120 g/mol. The van der Waals surface area contributed by atoms with Gasteiger partial charge in [-0.2, -0.15) is 0 Å². The third-order valence-corrected chi connectivity index (χ3v) is 3.22. The fraction of sp³-hybridized carbons (Fsp3) is 0.800. The zero-order chi connectivity index (χ0) is 7.14. The summed E-state index contributed by atoms with van der Waals surface area (Å²) >= 11 is 0. The van der Waals surface area contributed by atoms with Gasteiger partial charge in [0.1, 0.15) is 0 Å². The minimum absolute atomic E-state index is 0.972. The van der Waals surface area contributed by atoms with Crippen LogP contribution < -0.4 is 0 Å². The van der Waals surface area contributed by atoms with Crippen LogP contribution in [0, 0.1) is 17.8 Å². The first-order valence-corrected chi connectivity index (χ1v) is 4.52.